The molecule has 2 aromatic carbocycles. The van der Waals surface area contributed by atoms with Gasteiger partial charge >= 0.3 is 0 Å². The van der Waals surface area contributed by atoms with Crippen LogP contribution in [-0.4, -0.2) is 15.7 Å². The van der Waals surface area contributed by atoms with Gasteiger partial charge in [0, 0.05) is 17.0 Å². The van der Waals surface area contributed by atoms with Gasteiger partial charge in [0.25, 0.3) is 0 Å². The molecule has 1 heterocycles. The molecule has 1 amide bonds. The fourth-order valence-corrected chi connectivity index (χ4v) is 2.76. The van der Waals surface area contributed by atoms with Crippen LogP contribution in [0.1, 0.15) is 37.6 Å². The Balaban J connectivity index is 1.91. The van der Waals surface area contributed by atoms with Gasteiger partial charge in [-0.3, -0.25) is 4.79 Å². The number of halogens is 2. The fourth-order valence-electron chi connectivity index (χ4n) is 2.76. The molecule has 28 heavy (non-hydrogen) atoms. The Morgan fingerprint density at radius 1 is 1.07 bits per heavy atom. The summed E-state index contributed by atoms with van der Waals surface area (Å²) in [6.45, 7) is 8.08. The molecule has 0 aliphatic carbocycles. The number of anilines is 1. The number of rotatable bonds is 4. The molecule has 6 heteroatoms. The van der Waals surface area contributed by atoms with Gasteiger partial charge in [0.05, 0.1) is 17.8 Å². The molecule has 3 rings (SSSR count). The highest BCUT2D eigenvalue weighted by Crippen LogP contribution is 2.26. The summed E-state index contributed by atoms with van der Waals surface area (Å²) in [4.78, 5) is 12.5. The molecule has 0 aliphatic rings. The minimum Gasteiger partial charge on any atom is -0.310 e. The second-order valence-electron chi connectivity index (χ2n) is 7.87. The van der Waals surface area contributed by atoms with Gasteiger partial charge < -0.3 is 5.32 Å². The van der Waals surface area contributed by atoms with Crippen LogP contribution in [0.4, 0.5) is 14.6 Å². The van der Waals surface area contributed by atoms with Crippen LogP contribution in [0.2, 0.25) is 0 Å². The summed E-state index contributed by atoms with van der Waals surface area (Å²) in [7, 11) is 0. The highest BCUT2D eigenvalue weighted by Gasteiger charge is 2.22. The first kappa shape index (κ1) is 19.7. The zero-order chi connectivity index (χ0) is 20.5. The average Bonchev–Trinajstić information content (AvgIpc) is 3.03. The summed E-state index contributed by atoms with van der Waals surface area (Å²) in [6.07, 6.45) is -0.270. The summed E-state index contributed by atoms with van der Waals surface area (Å²) in [6, 6.07) is 12.6. The summed E-state index contributed by atoms with van der Waals surface area (Å²) in [5, 5.41) is 7.42. The molecule has 0 fully saturated rings. The van der Waals surface area contributed by atoms with Gasteiger partial charge in [-0.15, -0.1) is 0 Å². The molecule has 0 unspecified atom stereocenters. The van der Waals surface area contributed by atoms with Crippen molar-refractivity contribution in [2.75, 3.05) is 5.32 Å². The van der Waals surface area contributed by atoms with Gasteiger partial charge in [0.1, 0.15) is 17.5 Å². The number of amides is 1. The lowest BCUT2D eigenvalue weighted by molar-refractivity contribution is -0.115. The largest absolute Gasteiger partial charge is 0.310 e. The van der Waals surface area contributed by atoms with Crippen LogP contribution in [0.3, 0.4) is 0 Å². The Morgan fingerprint density at radius 3 is 2.39 bits per heavy atom. The smallest absolute Gasteiger partial charge is 0.230 e. The van der Waals surface area contributed by atoms with Crippen molar-refractivity contribution in [1.29, 1.82) is 0 Å². The number of carbonyl (C=O) groups is 1. The normalized spacial score (nSPS) is 11.5. The van der Waals surface area contributed by atoms with Gasteiger partial charge in [-0.1, -0.05) is 38.5 Å². The first-order valence-electron chi connectivity index (χ1n) is 9.05. The first-order chi connectivity index (χ1) is 13.1. The molecule has 0 aliphatic heterocycles. The molecule has 0 bridgehead atoms. The van der Waals surface area contributed by atoms with E-state index >= 15 is 0 Å². The molecule has 3 aromatic rings. The number of aryl methyl sites for hydroxylation is 1. The maximum atomic E-state index is 13.8. The van der Waals surface area contributed by atoms with E-state index in [9.17, 15) is 13.6 Å². The SMILES string of the molecule is Cc1ccc(-n2nc(C(C)(C)C)cc2NC(=O)Cc2cc(F)ccc2F)cc1. The Labute approximate surface area is 163 Å². The number of benzene rings is 2. The maximum Gasteiger partial charge on any atom is 0.230 e. The van der Waals surface area contributed by atoms with Crippen molar-refractivity contribution in [2.45, 2.75) is 39.5 Å². The van der Waals surface area contributed by atoms with Crippen molar-refractivity contribution in [3.05, 3.63) is 77.0 Å². The van der Waals surface area contributed by atoms with E-state index in [1.165, 1.54) is 0 Å². The number of nitrogens with zero attached hydrogens (tertiary/aromatic N) is 2. The highest BCUT2D eigenvalue weighted by molar-refractivity contribution is 5.91. The minimum absolute atomic E-state index is 0.00921. The number of aromatic nitrogens is 2. The van der Waals surface area contributed by atoms with Crippen LogP contribution in [0.5, 0.6) is 0 Å². The summed E-state index contributed by atoms with van der Waals surface area (Å²) >= 11 is 0. The Kier molecular flexibility index (Phi) is 5.31. The van der Waals surface area contributed by atoms with Crippen molar-refractivity contribution in [2.24, 2.45) is 0 Å². The van der Waals surface area contributed by atoms with E-state index < -0.39 is 17.5 Å². The van der Waals surface area contributed by atoms with Crippen LogP contribution < -0.4 is 5.32 Å². The fraction of sp³-hybridized carbons (Fsp3) is 0.273. The predicted octanol–water partition coefficient (Wildman–Crippen LogP) is 4.94. The second-order valence-corrected chi connectivity index (χ2v) is 7.87. The van der Waals surface area contributed by atoms with Gasteiger partial charge in [-0.05, 0) is 37.3 Å². The van der Waals surface area contributed by atoms with Crippen molar-refractivity contribution in [3.8, 4) is 5.69 Å². The zero-order valence-electron chi connectivity index (χ0n) is 16.4. The van der Waals surface area contributed by atoms with E-state index in [-0.39, 0.29) is 17.4 Å². The van der Waals surface area contributed by atoms with Crippen molar-refractivity contribution >= 4 is 11.7 Å². The molecular formula is C22H23F2N3O. The lowest BCUT2D eigenvalue weighted by Gasteiger charge is -2.14. The highest BCUT2D eigenvalue weighted by atomic mass is 19.1. The molecule has 0 saturated heterocycles. The first-order valence-corrected chi connectivity index (χ1v) is 9.05. The quantitative estimate of drug-likeness (QED) is 0.694. The molecule has 4 nitrogen and oxygen atoms in total. The maximum absolute atomic E-state index is 13.8. The average molecular weight is 383 g/mol. The Morgan fingerprint density at radius 2 is 1.75 bits per heavy atom. The third kappa shape index (κ3) is 4.44. The Hall–Kier alpha value is -3.02. The van der Waals surface area contributed by atoms with Crippen LogP contribution in [0.15, 0.2) is 48.5 Å². The summed E-state index contributed by atoms with van der Waals surface area (Å²) < 4.78 is 28.9. The number of hydrogen-bond acceptors (Lipinski definition) is 2. The molecule has 1 aromatic heterocycles. The summed E-state index contributed by atoms with van der Waals surface area (Å²) in [5.74, 6) is -1.16. The van der Waals surface area contributed by atoms with E-state index in [2.05, 4.69) is 10.4 Å². The van der Waals surface area contributed by atoms with E-state index in [1.54, 1.807) is 10.7 Å². The minimum atomic E-state index is -0.612. The lowest BCUT2D eigenvalue weighted by Crippen LogP contribution is -2.18. The molecule has 0 atom stereocenters. The molecule has 0 saturated carbocycles. The number of carbonyl (C=O) groups excluding carboxylic acids is 1. The second kappa shape index (κ2) is 7.54. The van der Waals surface area contributed by atoms with Crippen LogP contribution in [-0.2, 0) is 16.6 Å². The third-order valence-electron chi connectivity index (χ3n) is 4.38. The van der Waals surface area contributed by atoms with E-state index in [0.29, 0.717) is 5.82 Å². The summed E-state index contributed by atoms with van der Waals surface area (Å²) in [5.41, 5.74) is 2.51. The monoisotopic (exact) mass is 383 g/mol. The number of hydrogen-bond donors (Lipinski definition) is 1. The van der Waals surface area contributed by atoms with E-state index in [0.717, 1.165) is 35.1 Å². The molecular weight excluding hydrogens is 360 g/mol. The standard InChI is InChI=1S/C22H23F2N3O/c1-14-5-8-17(9-6-14)27-20(13-19(26-27)22(2,3)4)25-21(28)12-15-11-16(23)7-10-18(15)24/h5-11,13H,12H2,1-4H3,(H,25,28). The van der Waals surface area contributed by atoms with E-state index in [4.69, 9.17) is 0 Å². The van der Waals surface area contributed by atoms with Gasteiger partial charge in [-0.2, -0.15) is 5.10 Å². The predicted molar refractivity (Wildman–Crippen MR) is 106 cm³/mol. The van der Waals surface area contributed by atoms with E-state index in [1.807, 2.05) is 52.0 Å². The van der Waals surface area contributed by atoms with Crippen LogP contribution in [0.25, 0.3) is 5.69 Å². The molecule has 0 radical (unpaired) electrons. The third-order valence-corrected chi connectivity index (χ3v) is 4.38. The van der Waals surface area contributed by atoms with Crippen molar-refractivity contribution < 1.29 is 13.6 Å². The number of nitrogens with one attached hydrogen (secondary N) is 1. The van der Waals surface area contributed by atoms with Crippen LogP contribution >= 0.6 is 0 Å². The Bertz CT molecular complexity index is 1000. The van der Waals surface area contributed by atoms with Gasteiger partial charge in [0.15, 0.2) is 0 Å². The molecule has 0 spiro atoms. The lowest BCUT2D eigenvalue weighted by atomic mass is 9.92. The molecule has 146 valence electrons. The zero-order valence-corrected chi connectivity index (χ0v) is 16.4. The van der Waals surface area contributed by atoms with Gasteiger partial charge in [-0.25, -0.2) is 13.5 Å². The molecule has 1 N–H and O–H groups in total. The van der Waals surface area contributed by atoms with Crippen LogP contribution in [0, 0.1) is 18.6 Å². The van der Waals surface area contributed by atoms with Crippen molar-refractivity contribution in [3.63, 3.8) is 0 Å². The topological polar surface area (TPSA) is 46.9 Å². The van der Waals surface area contributed by atoms with Crippen molar-refractivity contribution in [1.82, 2.24) is 9.78 Å². The van der Waals surface area contributed by atoms with Gasteiger partial charge in [0.2, 0.25) is 5.91 Å².